The van der Waals surface area contributed by atoms with Crippen LogP contribution in [0.4, 0.5) is 0 Å². The number of hydrogen-bond acceptors (Lipinski definition) is 4. The minimum Gasteiger partial charge on any atom is -0.358 e. The number of fused-ring (bicyclic) bond motifs is 2. The van der Waals surface area contributed by atoms with Crippen molar-refractivity contribution in [3.05, 3.63) is 89.5 Å². The molecule has 144 valence electrons. The van der Waals surface area contributed by atoms with Gasteiger partial charge in [0.2, 0.25) is 11.6 Å². The third-order valence-electron chi connectivity index (χ3n) is 5.17. The number of hydrogen-bond donors (Lipinski definition) is 2. The van der Waals surface area contributed by atoms with Gasteiger partial charge in [0.25, 0.3) is 0 Å². The first-order valence-corrected chi connectivity index (χ1v) is 9.57. The molecule has 4 rings (SSSR count). The lowest BCUT2D eigenvalue weighted by atomic mass is 9.79. The molecule has 3 aromatic rings. The lowest BCUT2D eigenvalue weighted by Crippen LogP contribution is -2.42. The predicted molar refractivity (Wildman–Crippen MR) is 109 cm³/mol. The van der Waals surface area contributed by atoms with Crippen LogP contribution in [0.3, 0.4) is 0 Å². The van der Waals surface area contributed by atoms with Crippen LogP contribution >= 0.6 is 0 Å². The third kappa shape index (κ3) is 2.95. The highest BCUT2D eigenvalue weighted by Gasteiger charge is 2.47. The van der Waals surface area contributed by atoms with Crippen molar-refractivity contribution >= 4 is 16.3 Å². The van der Waals surface area contributed by atoms with E-state index in [0.29, 0.717) is 35.5 Å². The fourth-order valence-electron chi connectivity index (χ4n) is 3.96. The lowest BCUT2D eigenvalue weighted by molar-refractivity contribution is -0.217. The van der Waals surface area contributed by atoms with E-state index in [9.17, 15) is 10.2 Å². The van der Waals surface area contributed by atoms with E-state index in [1.165, 1.54) is 0 Å². The summed E-state index contributed by atoms with van der Waals surface area (Å²) in [5.41, 5.74) is 2.02. The van der Waals surface area contributed by atoms with Crippen molar-refractivity contribution < 1.29 is 19.7 Å². The molecule has 0 aromatic heterocycles. The quantitative estimate of drug-likeness (QED) is 0.652. The molecule has 2 N–H and O–H groups in total. The van der Waals surface area contributed by atoms with Crippen molar-refractivity contribution in [2.45, 2.75) is 25.4 Å². The van der Waals surface area contributed by atoms with E-state index in [-0.39, 0.29) is 0 Å². The van der Waals surface area contributed by atoms with Crippen LogP contribution in [0, 0.1) is 0 Å². The minimum atomic E-state index is -2.16. The Morgan fingerprint density at radius 3 is 2.04 bits per heavy atom. The van der Waals surface area contributed by atoms with Gasteiger partial charge in [-0.3, -0.25) is 0 Å². The summed E-state index contributed by atoms with van der Waals surface area (Å²) in [5.74, 6) is -3.33. The molecule has 0 spiro atoms. The summed E-state index contributed by atoms with van der Waals surface area (Å²) in [5, 5.41) is 24.4. The molecular weight excluding hydrogens is 352 g/mol. The first kappa shape index (κ1) is 18.8. The Morgan fingerprint density at radius 2 is 1.36 bits per heavy atom. The SMILES string of the molecule is CCOC1(OCC)C=C(c2ccc3ccccc3c2)C(O)(O)c2ccccc21. The van der Waals surface area contributed by atoms with Gasteiger partial charge >= 0.3 is 0 Å². The van der Waals surface area contributed by atoms with Gasteiger partial charge in [0, 0.05) is 29.9 Å². The van der Waals surface area contributed by atoms with Crippen LogP contribution in [0.5, 0.6) is 0 Å². The Kier molecular flexibility index (Phi) is 4.81. The normalized spacial score (nSPS) is 17.2. The first-order chi connectivity index (χ1) is 13.5. The molecule has 0 saturated carbocycles. The highest BCUT2D eigenvalue weighted by Crippen LogP contribution is 2.48. The number of rotatable bonds is 5. The van der Waals surface area contributed by atoms with Crippen LogP contribution in [-0.2, 0) is 21.0 Å². The summed E-state index contributed by atoms with van der Waals surface area (Å²) >= 11 is 0. The zero-order valence-corrected chi connectivity index (χ0v) is 16.1. The molecular formula is C24H24O4. The largest absolute Gasteiger partial charge is 0.358 e. The van der Waals surface area contributed by atoms with E-state index in [4.69, 9.17) is 9.47 Å². The minimum absolute atomic E-state index is 0.346. The zero-order chi connectivity index (χ0) is 19.8. The number of benzene rings is 3. The maximum absolute atomic E-state index is 11.2. The third-order valence-corrected chi connectivity index (χ3v) is 5.17. The summed E-state index contributed by atoms with van der Waals surface area (Å²) in [6, 6.07) is 21.0. The molecule has 0 radical (unpaired) electrons. The van der Waals surface area contributed by atoms with Crippen molar-refractivity contribution in [1.82, 2.24) is 0 Å². The maximum Gasteiger partial charge on any atom is 0.218 e. The highest BCUT2D eigenvalue weighted by atomic mass is 16.7. The summed E-state index contributed by atoms with van der Waals surface area (Å²) in [6.45, 7) is 4.62. The van der Waals surface area contributed by atoms with Gasteiger partial charge in [-0.1, -0.05) is 60.7 Å². The van der Waals surface area contributed by atoms with Crippen LogP contribution < -0.4 is 0 Å². The van der Waals surface area contributed by atoms with Crippen molar-refractivity contribution in [3.63, 3.8) is 0 Å². The van der Waals surface area contributed by atoms with Crippen LogP contribution in [0.15, 0.2) is 72.8 Å². The molecule has 0 aliphatic heterocycles. The maximum atomic E-state index is 11.2. The van der Waals surface area contributed by atoms with Gasteiger partial charge in [0.15, 0.2) is 0 Å². The molecule has 4 nitrogen and oxygen atoms in total. The summed E-state index contributed by atoms with van der Waals surface area (Å²) in [7, 11) is 0. The average Bonchev–Trinajstić information content (AvgIpc) is 2.71. The lowest BCUT2D eigenvalue weighted by Gasteiger charge is -2.41. The standard InChI is InChI=1S/C24H24O4/c1-3-27-23(28-4-2)16-22(24(25,26)21-12-8-7-11-20(21)23)19-14-13-17-9-5-6-10-18(17)15-19/h5-16,25-26H,3-4H2,1-2H3. The van der Waals surface area contributed by atoms with Crippen molar-refractivity contribution in [2.75, 3.05) is 13.2 Å². The Labute approximate surface area is 164 Å². The van der Waals surface area contributed by atoms with E-state index >= 15 is 0 Å². The van der Waals surface area contributed by atoms with Crippen molar-refractivity contribution in [1.29, 1.82) is 0 Å². The molecule has 0 fully saturated rings. The van der Waals surface area contributed by atoms with Crippen LogP contribution in [0.2, 0.25) is 0 Å². The molecule has 0 bridgehead atoms. The molecule has 1 aliphatic rings. The van der Waals surface area contributed by atoms with Gasteiger partial charge in [-0.2, -0.15) is 0 Å². The second-order valence-corrected chi connectivity index (χ2v) is 6.87. The van der Waals surface area contributed by atoms with Gasteiger partial charge in [-0.25, -0.2) is 0 Å². The first-order valence-electron chi connectivity index (χ1n) is 9.57. The molecule has 28 heavy (non-hydrogen) atoms. The summed E-state index contributed by atoms with van der Waals surface area (Å²) in [6.07, 6.45) is 1.70. The smallest absolute Gasteiger partial charge is 0.218 e. The molecule has 1 aliphatic carbocycles. The number of ether oxygens (including phenoxy) is 2. The van der Waals surface area contributed by atoms with Gasteiger partial charge in [-0.05, 0) is 42.3 Å². The average molecular weight is 376 g/mol. The zero-order valence-electron chi connectivity index (χ0n) is 16.1. The van der Waals surface area contributed by atoms with E-state index in [0.717, 1.165) is 10.8 Å². The van der Waals surface area contributed by atoms with Crippen LogP contribution in [0.25, 0.3) is 16.3 Å². The molecule has 0 atom stereocenters. The molecule has 0 amide bonds. The van der Waals surface area contributed by atoms with Gasteiger partial charge in [0.1, 0.15) is 0 Å². The van der Waals surface area contributed by atoms with Crippen LogP contribution in [0.1, 0.15) is 30.5 Å². The molecule has 0 heterocycles. The van der Waals surface area contributed by atoms with E-state index < -0.39 is 11.6 Å². The van der Waals surface area contributed by atoms with Crippen molar-refractivity contribution in [2.24, 2.45) is 0 Å². The Morgan fingerprint density at radius 1 is 0.750 bits per heavy atom. The molecule has 0 saturated heterocycles. The molecule has 4 heteroatoms. The Bertz CT molecular complexity index is 1030. The highest BCUT2D eigenvalue weighted by molar-refractivity contribution is 5.88. The monoisotopic (exact) mass is 376 g/mol. The van der Waals surface area contributed by atoms with E-state index in [1.807, 2.05) is 68.4 Å². The van der Waals surface area contributed by atoms with Gasteiger partial charge in [-0.15, -0.1) is 0 Å². The molecule has 0 unspecified atom stereocenters. The van der Waals surface area contributed by atoms with E-state index in [2.05, 4.69) is 0 Å². The topological polar surface area (TPSA) is 58.9 Å². The van der Waals surface area contributed by atoms with Gasteiger partial charge in [0.05, 0.1) is 0 Å². The van der Waals surface area contributed by atoms with Gasteiger partial charge < -0.3 is 19.7 Å². The predicted octanol–water partition coefficient (Wildman–Crippen LogP) is 4.30. The number of aliphatic hydroxyl groups is 2. The fraction of sp³-hybridized carbons (Fsp3) is 0.250. The summed E-state index contributed by atoms with van der Waals surface area (Å²) < 4.78 is 12.1. The Hall–Kier alpha value is -2.50. The second-order valence-electron chi connectivity index (χ2n) is 6.87. The Balaban J connectivity index is 1.97. The molecule has 3 aromatic carbocycles. The van der Waals surface area contributed by atoms with E-state index in [1.54, 1.807) is 18.2 Å². The van der Waals surface area contributed by atoms with Crippen LogP contribution in [-0.4, -0.2) is 23.4 Å². The van der Waals surface area contributed by atoms with Crippen molar-refractivity contribution in [3.8, 4) is 0 Å². The second kappa shape index (κ2) is 7.15. The fourth-order valence-corrected chi connectivity index (χ4v) is 3.96. The summed E-state index contributed by atoms with van der Waals surface area (Å²) in [4.78, 5) is 0.